The summed E-state index contributed by atoms with van der Waals surface area (Å²) in [5.74, 6) is -0.967. The van der Waals surface area contributed by atoms with Gasteiger partial charge in [-0.15, -0.1) is 0 Å². The first-order valence-corrected chi connectivity index (χ1v) is 5.56. The first-order chi connectivity index (χ1) is 9.13. The van der Waals surface area contributed by atoms with Crippen molar-refractivity contribution < 1.29 is 13.9 Å². The first kappa shape index (κ1) is 11.5. The second kappa shape index (κ2) is 3.96. The number of oxazole rings is 1. The molecule has 1 aliphatic heterocycles. The van der Waals surface area contributed by atoms with Crippen LogP contribution in [0, 0.1) is 16.7 Å². The number of hydrogen-bond donors (Lipinski definition) is 2. The van der Waals surface area contributed by atoms with Crippen molar-refractivity contribution in [2.75, 3.05) is 18.5 Å². The second-order valence-corrected chi connectivity index (χ2v) is 4.37. The Labute approximate surface area is 106 Å². The number of amides is 1. The molecular weight excluding hydrogens is 250 g/mol. The Morgan fingerprint density at radius 3 is 2.89 bits per heavy atom. The Kier molecular flexibility index (Phi) is 2.40. The van der Waals surface area contributed by atoms with Crippen LogP contribution in [0.4, 0.5) is 5.69 Å². The third kappa shape index (κ3) is 1.78. The molecule has 2 aromatic rings. The van der Waals surface area contributed by atoms with E-state index in [0.29, 0.717) is 16.8 Å². The lowest BCUT2D eigenvalue weighted by molar-refractivity contribution is -0.144. The first-order valence-electron chi connectivity index (χ1n) is 5.56. The molecule has 0 spiro atoms. The predicted octanol–water partition coefficient (Wildman–Crippen LogP) is 0.600. The van der Waals surface area contributed by atoms with E-state index in [2.05, 4.69) is 10.3 Å². The van der Waals surface area contributed by atoms with Crippen LogP contribution in [0.5, 0.6) is 0 Å². The zero-order valence-electron chi connectivity index (χ0n) is 9.73. The minimum absolute atomic E-state index is 0.0973. The van der Waals surface area contributed by atoms with Gasteiger partial charge in [-0.3, -0.25) is 9.78 Å². The molecule has 0 radical (unpaired) electrons. The van der Waals surface area contributed by atoms with Crippen molar-refractivity contribution in [1.29, 1.82) is 5.26 Å². The summed E-state index contributed by atoms with van der Waals surface area (Å²) in [6.07, 6.45) is 0. The fourth-order valence-electron chi connectivity index (χ4n) is 1.83. The Morgan fingerprint density at radius 1 is 1.47 bits per heavy atom. The maximum atomic E-state index is 12.0. The van der Waals surface area contributed by atoms with Gasteiger partial charge in [-0.25, -0.2) is 4.79 Å². The molecule has 1 aromatic carbocycles. The Bertz CT molecular complexity index is 748. The monoisotopic (exact) mass is 259 g/mol. The standard InChI is InChI=1S/C12H9N3O4/c13-4-12(5-18-6-12)10(16)14-7-1-2-9-8(3-7)15-11(17)19-9/h1-3H,5-6H2,(H,14,16)(H,15,17). The molecule has 0 unspecified atom stereocenters. The van der Waals surface area contributed by atoms with E-state index in [0.717, 1.165) is 0 Å². The van der Waals surface area contributed by atoms with Crippen LogP contribution in [-0.4, -0.2) is 24.1 Å². The fourth-order valence-corrected chi connectivity index (χ4v) is 1.83. The van der Waals surface area contributed by atoms with Gasteiger partial charge < -0.3 is 14.5 Å². The van der Waals surface area contributed by atoms with Crippen LogP contribution >= 0.6 is 0 Å². The smallest absolute Gasteiger partial charge is 0.408 e. The van der Waals surface area contributed by atoms with E-state index < -0.39 is 17.1 Å². The highest BCUT2D eigenvalue weighted by atomic mass is 16.5. The van der Waals surface area contributed by atoms with E-state index in [1.807, 2.05) is 6.07 Å². The van der Waals surface area contributed by atoms with Crippen molar-refractivity contribution in [3.63, 3.8) is 0 Å². The number of nitrogens with one attached hydrogen (secondary N) is 2. The topological polar surface area (TPSA) is 108 Å². The molecule has 2 N–H and O–H groups in total. The number of nitrogens with zero attached hydrogens (tertiary/aromatic N) is 1. The zero-order chi connectivity index (χ0) is 13.5. The van der Waals surface area contributed by atoms with Crippen molar-refractivity contribution in [3.8, 4) is 6.07 Å². The average Bonchev–Trinajstić information content (AvgIpc) is 2.67. The number of fused-ring (bicyclic) bond motifs is 1. The maximum absolute atomic E-state index is 12.0. The molecule has 1 fully saturated rings. The molecule has 3 rings (SSSR count). The summed E-state index contributed by atoms with van der Waals surface area (Å²) in [4.78, 5) is 25.5. The molecule has 0 atom stereocenters. The van der Waals surface area contributed by atoms with Crippen LogP contribution in [0.25, 0.3) is 11.1 Å². The highest BCUT2D eigenvalue weighted by molar-refractivity contribution is 5.99. The third-order valence-electron chi connectivity index (χ3n) is 3.02. The lowest BCUT2D eigenvalue weighted by Gasteiger charge is -2.33. The molecular formula is C12H9N3O4. The molecule has 0 aliphatic carbocycles. The molecule has 7 nitrogen and oxygen atoms in total. The van der Waals surface area contributed by atoms with E-state index in [9.17, 15) is 9.59 Å². The molecule has 7 heteroatoms. The molecule has 0 bridgehead atoms. The fraction of sp³-hybridized carbons (Fsp3) is 0.250. The summed E-state index contributed by atoms with van der Waals surface area (Å²) in [6.45, 7) is 0.195. The summed E-state index contributed by atoms with van der Waals surface area (Å²) in [5.41, 5.74) is 0.262. The Balaban J connectivity index is 1.87. The normalized spacial score (nSPS) is 16.6. The molecule has 2 heterocycles. The number of benzene rings is 1. The largest absolute Gasteiger partial charge is 0.417 e. The minimum Gasteiger partial charge on any atom is -0.408 e. The lowest BCUT2D eigenvalue weighted by Crippen LogP contribution is -2.50. The van der Waals surface area contributed by atoms with Crippen molar-refractivity contribution in [2.45, 2.75) is 0 Å². The van der Waals surface area contributed by atoms with Gasteiger partial charge in [0.05, 0.1) is 24.8 Å². The van der Waals surface area contributed by atoms with E-state index in [1.54, 1.807) is 18.2 Å². The van der Waals surface area contributed by atoms with Gasteiger partial charge in [-0.05, 0) is 18.2 Å². The minimum atomic E-state index is -1.11. The second-order valence-electron chi connectivity index (χ2n) is 4.37. The molecule has 1 amide bonds. The predicted molar refractivity (Wildman–Crippen MR) is 64.3 cm³/mol. The number of hydrogen-bond acceptors (Lipinski definition) is 5. The van der Waals surface area contributed by atoms with Gasteiger partial charge in [0.15, 0.2) is 11.0 Å². The van der Waals surface area contributed by atoms with Crippen LogP contribution < -0.4 is 11.1 Å². The highest BCUT2D eigenvalue weighted by Crippen LogP contribution is 2.28. The SMILES string of the molecule is N#CC1(C(=O)Nc2ccc3oc(=O)[nH]c3c2)COC1. The van der Waals surface area contributed by atoms with E-state index >= 15 is 0 Å². The van der Waals surface area contributed by atoms with Gasteiger partial charge in [0.1, 0.15) is 0 Å². The third-order valence-corrected chi connectivity index (χ3v) is 3.02. The summed E-state index contributed by atoms with van der Waals surface area (Å²) in [7, 11) is 0. The number of carbonyl (C=O) groups is 1. The highest BCUT2D eigenvalue weighted by Gasteiger charge is 2.46. The van der Waals surface area contributed by atoms with Crippen LogP contribution in [0.3, 0.4) is 0 Å². The van der Waals surface area contributed by atoms with Gasteiger partial charge in [0, 0.05) is 5.69 Å². The molecule has 19 heavy (non-hydrogen) atoms. The Hall–Kier alpha value is -2.59. The number of carbonyl (C=O) groups excluding carboxylic acids is 1. The molecule has 1 aliphatic rings. The quantitative estimate of drug-likeness (QED) is 0.820. The molecule has 1 saturated heterocycles. The number of rotatable bonds is 2. The van der Waals surface area contributed by atoms with E-state index in [1.165, 1.54) is 0 Å². The van der Waals surface area contributed by atoms with Crippen molar-refractivity contribution >= 4 is 22.7 Å². The number of nitriles is 1. The van der Waals surface area contributed by atoms with Crippen molar-refractivity contribution in [1.82, 2.24) is 4.98 Å². The maximum Gasteiger partial charge on any atom is 0.417 e. The number of ether oxygens (including phenoxy) is 1. The van der Waals surface area contributed by atoms with Crippen LogP contribution in [-0.2, 0) is 9.53 Å². The van der Waals surface area contributed by atoms with Gasteiger partial charge >= 0.3 is 5.76 Å². The van der Waals surface area contributed by atoms with E-state index in [-0.39, 0.29) is 13.2 Å². The number of H-pyrrole nitrogens is 1. The zero-order valence-corrected chi connectivity index (χ0v) is 9.73. The van der Waals surface area contributed by atoms with Gasteiger partial charge in [-0.2, -0.15) is 5.26 Å². The van der Waals surface area contributed by atoms with Crippen LogP contribution in [0.1, 0.15) is 0 Å². The van der Waals surface area contributed by atoms with Crippen molar-refractivity contribution in [2.24, 2.45) is 5.41 Å². The van der Waals surface area contributed by atoms with Gasteiger partial charge in [-0.1, -0.05) is 0 Å². The lowest BCUT2D eigenvalue weighted by atomic mass is 9.87. The summed E-state index contributed by atoms with van der Waals surface area (Å²) in [6, 6.07) is 6.70. The molecule has 1 aromatic heterocycles. The van der Waals surface area contributed by atoms with Crippen LogP contribution in [0.2, 0.25) is 0 Å². The van der Waals surface area contributed by atoms with E-state index in [4.69, 9.17) is 14.4 Å². The number of anilines is 1. The summed E-state index contributed by atoms with van der Waals surface area (Å²) in [5, 5.41) is 11.6. The van der Waals surface area contributed by atoms with Gasteiger partial charge in [0.2, 0.25) is 5.91 Å². The molecule has 0 saturated carbocycles. The number of aromatic amines is 1. The summed E-state index contributed by atoms with van der Waals surface area (Å²) < 4.78 is 9.77. The average molecular weight is 259 g/mol. The molecule has 96 valence electrons. The number of aromatic nitrogens is 1. The van der Waals surface area contributed by atoms with Crippen molar-refractivity contribution in [3.05, 3.63) is 28.7 Å². The Morgan fingerprint density at radius 2 is 2.26 bits per heavy atom. The summed E-state index contributed by atoms with van der Waals surface area (Å²) >= 11 is 0. The van der Waals surface area contributed by atoms with Crippen LogP contribution in [0.15, 0.2) is 27.4 Å². The van der Waals surface area contributed by atoms with Gasteiger partial charge in [0.25, 0.3) is 0 Å².